The van der Waals surface area contributed by atoms with Crippen molar-refractivity contribution in [2.75, 3.05) is 12.3 Å². The molecular weight excluding hydrogens is 351 g/mol. The zero-order valence-corrected chi connectivity index (χ0v) is 13.7. The zero-order valence-electron chi connectivity index (χ0n) is 11.3. The van der Waals surface area contributed by atoms with Crippen LogP contribution in [-0.4, -0.2) is 25.7 Å². The third-order valence-electron chi connectivity index (χ3n) is 3.35. The normalized spacial score (nSPS) is 12.7. The van der Waals surface area contributed by atoms with Crippen molar-refractivity contribution in [2.45, 2.75) is 37.1 Å². The van der Waals surface area contributed by atoms with Crippen molar-refractivity contribution in [3.8, 4) is 0 Å². The van der Waals surface area contributed by atoms with Crippen LogP contribution >= 0.6 is 15.9 Å². The van der Waals surface area contributed by atoms with Crippen molar-refractivity contribution >= 4 is 31.6 Å². The predicted molar refractivity (Wildman–Crippen MR) is 79.2 cm³/mol. The Labute approximate surface area is 126 Å². The molecule has 4 N–H and O–H groups in total. The smallest absolute Gasteiger partial charge is 0.243 e. The van der Waals surface area contributed by atoms with Crippen LogP contribution < -0.4 is 10.5 Å². The third-order valence-corrected chi connectivity index (χ3v) is 5.59. The van der Waals surface area contributed by atoms with Gasteiger partial charge in [0.25, 0.3) is 0 Å². The number of hydrogen-bond acceptors (Lipinski definition) is 4. The van der Waals surface area contributed by atoms with E-state index in [0.29, 0.717) is 12.8 Å². The Morgan fingerprint density at radius 3 is 2.40 bits per heavy atom. The maximum atomic E-state index is 13.3. The summed E-state index contributed by atoms with van der Waals surface area (Å²) in [4.78, 5) is -0.217. The molecule has 114 valence electrons. The molecule has 0 atom stereocenters. The molecule has 0 aliphatic heterocycles. The number of aliphatic hydroxyl groups is 1. The molecule has 8 heteroatoms. The van der Waals surface area contributed by atoms with Crippen molar-refractivity contribution in [1.29, 1.82) is 0 Å². The van der Waals surface area contributed by atoms with Gasteiger partial charge in [0.2, 0.25) is 10.0 Å². The number of halogens is 2. The lowest BCUT2D eigenvalue weighted by Gasteiger charge is -2.30. The van der Waals surface area contributed by atoms with E-state index in [0.717, 1.165) is 12.1 Å². The maximum absolute atomic E-state index is 13.3. The average Bonchev–Trinajstić information content (AvgIpc) is 2.40. The number of nitrogens with one attached hydrogen (secondary N) is 1. The van der Waals surface area contributed by atoms with E-state index >= 15 is 0 Å². The number of hydrogen-bond donors (Lipinski definition) is 3. The monoisotopic (exact) mass is 368 g/mol. The first-order chi connectivity index (χ1) is 9.21. The van der Waals surface area contributed by atoms with Crippen LogP contribution in [0.4, 0.5) is 10.1 Å². The molecule has 0 saturated carbocycles. The lowest BCUT2D eigenvalue weighted by atomic mass is 9.96. The Bertz CT molecular complexity index is 580. The largest absolute Gasteiger partial charge is 0.398 e. The minimum atomic E-state index is -3.96. The van der Waals surface area contributed by atoms with Gasteiger partial charge in [-0.15, -0.1) is 0 Å². The number of anilines is 1. The van der Waals surface area contributed by atoms with E-state index in [2.05, 4.69) is 20.7 Å². The van der Waals surface area contributed by atoms with Crippen molar-refractivity contribution in [1.82, 2.24) is 4.72 Å². The van der Waals surface area contributed by atoms with Gasteiger partial charge in [-0.3, -0.25) is 0 Å². The summed E-state index contributed by atoms with van der Waals surface area (Å²) in [5, 5.41) is 9.43. The van der Waals surface area contributed by atoms with Crippen LogP contribution in [0.5, 0.6) is 0 Å². The second-order valence-electron chi connectivity index (χ2n) is 4.56. The molecule has 0 bridgehead atoms. The highest BCUT2D eigenvalue weighted by Gasteiger charge is 2.32. The summed E-state index contributed by atoms with van der Waals surface area (Å²) in [6, 6.07) is 2.05. The minimum Gasteiger partial charge on any atom is -0.398 e. The molecule has 0 saturated heterocycles. The van der Waals surface area contributed by atoms with Crippen LogP contribution in [0.3, 0.4) is 0 Å². The van der Waals surface area contributed by atoms with E-state index in [9.17, 15) is 17.9 Å². The van der Waals surface area contributed by atoms with Crippen LogP contribution in [0.1, 0.15) is 26.7 Å². The molecule has 0 aliphatic rings. The topological polar surface area (TPSA) is 92.4 Å². The summed E-state index contributed by atoms with van der Waals surface area (Å²) < 4.78 is 40.5. The van der Waals surface area contributed by atoms with Crippen LogP contribution in [0, 0.1) is 5.82 Å². The molecule has 0 spiro atoms. The van der Waals surface area contributed by atoms with Gasteiger partial charge in [0.1, 0.15) is 10.7 Å². The summed E-state index contributed by atoms with van der Waals surface area (Å²) in [6.07, 6.45) is 0.836. The summed E-state index contributed by atoms with van der Waals surface area (Å²) >= 11 is 2.93. The molecule has 5 nitrogen and oxygen atoms in total. The number of sulfonamides is 1. The molecule has 0 heterocycles. The van der Waals surface area contributed by atoms with Gasteiger partial charge < -0.3 is 10.8 Å². The molecular formula is C12H18BrFN2O3S. The number of rotatable bonds is 6. The predicted octanol–water partition coefficient (Wildman–Crippen LogP) is 2.00. The highest BCUT2D eigenvalue weighted by molar-refractivity contribution is 9.10. The van der Waals surface area contributed by atoms with Crippen molar-refractivity contribution in [3.63, 3.8) is 0 Å². The Morgan fingerprint density at radius 2 is 1.95 bits per heavy atom. The van der Waals surface area contributed by atoms with Crippen molar-refractivity contribution < 1.29 is 17.9 Å². The van der Waals surface area contributed by atoms with Crippen molar-refractivity contribution in [3.05, 3.63) is 22.4 Å². The van der Waals surface area contributed by atoms with Gasteiger partial charge in [0.15, 0.2) is 0 Å². The molecule has 0 fully saturated rings. The van der Waals surface area contributed by atoms with Crippen LogP contribution in [0.25, 0.3) is 0 Å². The highest BCUT2D eigenvalue weighted by Crippen LogP contribution is 2.28. The number of nitrogen functional groups attached to an aromatic ring is 1. The first-order valence-electron chi connectivity index (χ1n) is 6.10. The Morgan fingerprint density at radius 1 is 1.40 bits per heavy atom. The van der Waals surface area contributed by atoms with Crippen molar-refractivity contribution in [2.24, 2.45) is 0 Å². The highest BCUT2D eigenvalue weighted by atomic mass is 79.9. The quantitative estimate of drug-likeness (QED) is 0.669. The van der Waals surface area contributed by atoms with Gasteiger partial charge in [-0.25, -0.2) is 17.5 Å². The summed E-state index contributed by atoms with van der Waals surface area (Å²) in [5.41, 5.74) is 4.44. The van der Waals surface area contributed by atoms with E-state index < -0.39 is 21.4 Å². The molecule has 0 aliphatic carbocycles. The van der Waals surface area contributed by atoms with E-state index in [1.54, 1.807) is 13.8 Å². The van der Waals surface area contributed by atoms with Crippen LogP contribution in [0.2, 0.25) is 0 Å². The lowest BCUT2D eigenvalue weighted by molar-refractivity contribution is 0.172. The molecule has 0 aromatic heterocycles. The molecule has 1 aromatic carbocycles. The standard InChI is InChI=1S/C12H18BrFN2O3S/c1-3-12(4-2,7-17)16-20(18,19)11-5-8(13)9(14)6-10(11)15/h5-6,16-17H,3-4,7,15H2,1-2H3. The molecule has 0 unspecified atom stereocenters. The summed E-state index contributed by atoms with van der Waals surface area (Å²) in [6.45, 7) is 3.21. The zero-order chi connectivity index (χ0) is 15.6. The van der Waals surface area contributed by atoms with E-state index in [4.69, 9.17) is 5.73 Å². The molecule has 1 rings (SSSR count). The van der Waals surface area contributed by atoms with Crippen LogP contribution in [-0.2, 0) is 10.0 Å². The Hall–Kier alpha value is -0.700. The molecule has 1 aromatic rings. The fourth-order valence-corrected chi connectivity index (χ4v) is 3.94. The molecule has 0 radical (unpaired) electrons. The summed E-state index contributed by atoms with van der Waals surface area (Å²) in [7, 11) is -3.96. The SMILES string of the molecule is CCC(CC)(CO)NS(=O)(=O)c1cc(Br)c(F)cc1N. The van der Waals surface area contributed by atoms with E-state index in [1.165, 1.54) is 0 Å². The minimum absolute atomic E-state index is 0.00895. The molecule has 20 heavy (non-hydrogen) atoms. The van der Waals surface area contributed by atoms with E-state index in [1.807, 2.05) is 0 Å². The van der Waals surface area contributed by atoms with E-state index in [-0.39, 0.29) is 21.7 Å². The Kier molecular flexibility index (Phi) is 5.54. The maximum Gasteiger partial charge on any atom is 0.243 e. The van der Waals surface area contributed by atoms with Gasteiger partial charge in [0, 0.05) is 0 Å². The average molecular weight is 369 g/mol. The molecule has 0 amide bonds. The summed E-state index contributed by atoms with van der Waals surface area (Å²) in [5.74, 6) is -0.638. The Balaban J connectivity index is 3.28. The first kappa shape index (κ1) is 17.4. The third kappa shape index (κ3) is 3.49. The first-order valence-corrected chi connectivity index (χ1v) is 8.38. The number of benzene rings is 1. The number of nitrogens with two attached hydrogens (primary N) is 1. The van der Waals surface area contributed by atoms with Gasteiger partial charge in [0.05, 0.1) is 22.3 Å². The fraction of sp³-hybridized carbons (Fsp3) is 0.500. The van der Waals surface area contributed by atoms with Gasteiger partial charge in [-0.2, -0.15) is 0 Å². The van der Waals surface area contributed by atoms with Gasteiger partial charge >= 0.3 is 0 Å². The van der Waals surface area contributed by atoms with Gasteiger partial charge in [-0.05, 0) is 40.9 Å². The fourth-order valence-electron chi connectivity index (χ4n) is 1.77. The number of aliphatic hydroxyl groups excluding tert-OH is 1. The lowest BCUT2D eigenvalue weighted by Crippen LogP contribution is -2.50. The van der Waals surface area contributed by atoms with Crippen LogP contribution in [0.15, 0.2) is 21.5 Å². The van der Waals surface area contributed by atoms with Gasteiger partial charge in [-0.1, -0.05) is 13.8 Å². The second-order valence-corrected chi connectivity index (χ2v) is 7.06. The second kappa shape index (κ2) is 6.38.